The summed E-state index contributed by atoms with van der Waals surface area (Å²) in [6.45, 7) is 3.24. The average Bonchev–Trinajstić information content (AvgIpc) is 2.95. The van der Waals surface area contributed by atoms with Crippen LogP contribution in [0.15, 0.2) is 18.2 Å². The summed E-state index contributed by atoms with van der Waals surface area (Å²) in [6.07, 6.45) is 0.941. The van der Waals surface area contributed by atoms with E-state index >= 15 is 0 Å². The molecule has 6 heteroatoms. The molecular formula is C15H19Cl2NO3. The monoisotopic (exact) mass is 331 g/mol. The second kappa shape index (κ2) is 7.99. The normalized spacial score (nSPS) is 18.2. The molecule has 1 amide bonds. The van der Waals surface area contributed by atoms with Gasteiger partial charge in [0.05, 0.1) is 35.4 Å². The molecule has 1 saturated heterocycles. The third-order valence-corrected chi connectivity index (χ3v) is 4.36. The number of halogens is 2. The summed E-state index contributed by atoms with van der Waals surface area (Å²) in [6, 6.07) is 5.12. The lowest BCUT2D eigenvalue weighted by Gasteiger charge is -2.17. The molecule has 0 saturated carbocycles. The molecule has 0 aliphatic carbocycles. The minimum absolute atomic E-state index is 0.0677. The number of amides is 1. The van der Waals surface area contributed by atoms with Crippen LogP contribution in [-0.2, 0) is 9.47 Å². The summed E-state index contributed by atoms with van der Waals surface area (Å²) in [5.41, 5.74) is 0.463. The van der Waals surface area contributed by atoms with Gasteiger partial charge in [-0.05, 0) is 18.6 Å². The molecule has 116 valence electrons. The zero-order chi connectivity index (χ0) is 15.2. The van der Waals surface area contributed by atoms with Crippen LogP contribution in [0, 0.1) is 5.92 Å². The van der Waals surface area contributed by atoms with Gasteiger partial charge < -0.3 is 14.4 Å². The highest BCUT2D eigenvalue weighted by molar-refractivity contribution is 6.43. The Morgan fingerprint density at radius 1 is 1.38 bits per heavy atom. The number of carbonyl (C=O) groups is 1. The Balaban J connectivity index is 1.89. The van der Waals surface area contributed by atoms with Gasteiger partial charge in [-0.25, -0.2) is 0 Å². The number of nitrogens with zero attached hydrogens (tertiary/aromatic N) is 1. The molecule has 0 aromatic heterocycles. The number of ether oxygens (including phenoxy) is 2. The Labute approximate surface area is 134 Å². The van der Waals surface area contributed by atoms with Gasteiger partial charge in [0.1, 0.15) is 0 Å². The lowest BCUT2D eigenvalue weighted by molar-refractivity contribution is 0.0515. The van der Waals surface area contributed by atoms with Crippen molar-refractivity contribution in [2.75, 3.05) is 40.0 Å². The van der Waals surface area contributed by atoms with E-state index in [1.807, 2.05) is 4.90 Å². The second-order valence-electron chi connectivity index (χ2n) is 5.07. The Kier molecular flexibility index (Phi) is 6.30. The van der Waals surface area contributed by atoms with E-state index in [2.05, 4.69) is 0 Å². The summed E-state index contributed by atoms with van der Waals surface area (Å²) in [7, 11) is 1.65. The van der Waals surface area contributed by atoms with Gasteiger partial charge in [0, 0.05) is 26.1 Å². The predicted octanol–water partition coefficient (Wildman–Crippen LogP) is 3.12. The van der Waals surface area contributed by atoms with Crippen LogP contribution in [0.3, 0.4) is 0 Å². The van der Waals surface area contributed by atoms with E-state index in [0.717, 1.165) is 13.0 Å². The van der Waals surface area contributed by atoms with E-state index in [-0.39, 0.29) is 5.91 Å². The Hall–Kier alpha value is -0.810. The molecule has 2 rings (SSSR count). The fourth-order valence-corrected chi connectivity index (χ4v) is 2.77. The molecule has 1 aliphatic heterocycles. The van der Waals surface area contributed by atoms with Crippen molar-refractivity contribution >= 4 is 29.1 Å². The fraction of sp³-hybridized carbons (Fsp3) is 0.533. The molecule has 0 spiro atoms. The molecule has 1 heterocycles. The molecular weight excluding hydrogens is 313 g/mol. The molecule has 1 unspecified atom stereocenters. The summed E-state index contributed by atoms with van der Waals surface area (Å²) in [4.78, 5) is 14.3. The summed E-state index contributed by atoms with van der Waals surface area (Å²) >= 11 is 12.1. The number of rotatable bonds is 6. The van der Waals surface area contributed by atoms with Gasteiger partial charge in [0.25, 0.3) is 5.91 Å². The number of likely N-dealkylation sites (tertiary alicyclic amines) is 1. The largest absolute Gasteiger partial charge is 0.382 e. The summed E-state index contributed by atoms with van der Waals surface area (Å²) < 4.78 is 10.5. The van der Waals surface area contributed by atoms with Gasteiger partial charge in [-0.2, -0.15) is 0 Å². The molecule has 4 nitrogen and oxygen atoms in total. The highest BCUT2D eigenvalue weighted by Gasteiger charge is 2.28. The predicted molar refractivity (Wildman–Crippen MR) is 83.2 cm³/mol. The molecule has 1 atom stereocenters. The van der Waals surface area contributed by atoms with Gasteiger partial charge >= 0.3 is 0 Å². The SMILES string of the molecule is COCCOCC1CCN(C(=O)c2cccc(Cl)c2Cl)C1. The maximum atomic E-state index is 12.5. The number of carbonyl (C=O) groups excluding carboxylic acids is 1. The van der Waals surface area contributed by atoms with Crippen molar-refractivity contribution in [2.45, 2.75) is 6.42 Å². The van der Waals surface area contributed by atoms with Crippen molar-refractivity contribution in [3.8, 4) is 0 Å². The lowest BCUT2D eigenvalue weighted by atomic mass is 10.1. The third kappa shape index (κ3) is 4.33. The van der Waals surface area contributed by atoms with Crippen LogP contribution in [0.1, 0.15) is 16.8 Å². The molecule has 0 N–H and O–H groups in total. The van der Waals surface area contributed by atoms with E-state index in [1.54, 1.807) is 25.3 Å². The smallest absolute Gasteiger partial charge is 0.255 e. The number of hydrogen-bond donors (Lipinski definition) is 0. The Morgan fingerprint density at radius 2 is 2.19 bits per heavy atom. The van der Waals surface area contributed by atoms with E-state index < -0.39 is 0 Å². The van der Waals surface area contributed by atoms with Gasteiger partial charge in [-0.1, -0.05) is 29.3 Å². The van der Waals surface area contributed by atoms with Crippen LogP contribution < -0.4 is 0 Å². The van der Waals surface area contributed by atoms with Crippen LogP contribution in [0.4, 0.5) is 0 Å². The maximum Gasteiger partial charge on any atom is 0.255 e. The third-order valence-electron chi connectivity index (χ3n) is 3.54. The van der Waals surface area contributed by atoms with E-state index in [9.17, 15) is 4.79 Å². The average molecular weight is 332 g/mol. The van der Waals surface area contributed by atoms with Crippen LogP contribution in [0.2, 0.25) is 10.0 Å². The standard InChI is InChI=1S/C15H19Cl2NO3/c1-20-7-8-21-10-11-5-6-18(9-11)15(19)12-3-2-4-13(16)14(12)17/h2-4,11H,5-10H2,1H3. The van der Waals surface area contributed by atoms with Crippen LogP contribution in [0.25, 0.3) is 0 Å². The molecule has 1 fully saturated rings. The number of benzene rings is 1. The topological polar surface area (TPSA) is 38.8 Å². The first-order valence-corrected chi connectivity index (χ1v) is 7.69. The molecule has 0 radical (unpaired) electrons. The fourth-order valence-electron chi connectivity index (χ4n) is 2.38. The Morgan fingerprint density at radius 3 is 2.95 bits per heavy atom. The zero-order valence-electron chi connectivity index (χ0n) is 12.0. The van der Waals surface area contributed by atoms with Crippen LogP contribution in [-0.4, -0.2) is 50.8 Å². The van der Waals surface area contributed by atoms with Crippen molar-refractivity contribution in [1.82, 2.24) is 4.90 Å². The first-order chi connectivity index (χ1) is 10.1. The minimum atomic E-state index is -0.0677. The van der Waals surface area contributed by atoms with Crippen molar-refractivity contribution in [1.29, 1.82) is 0 Å². The first-order valence-electron chi connectivity index (χ1n) is 6.93. The van der Waals surface area contributed by atoms with E-state index in [4.69, 9.17) is 32.7 Å². The van der Waals surface area contributed by atoms with Crippen LogP contribution in [0.5, 0.6) is 0 Å². The van der Waals surface area contributed by atoms with Crippen molar-refractivity contribution < 1.29 is 14.3 Å². The molecule has 1 aliphatic rings. The van der Waals surface area contributed by atoms with E-state index in [1.165, 1.54) is 0 Å². The lowest BCUT2D eigenvalue weighted by Crippen LogP contribution is -2.29. The molecule has 0 bridgehead atoms. The van der Waals surface area contributed by atoms with E-state index in [0.29, 0.717) is 47.9 Å². The number of hydrogen-bond acceptors (Lipinski definition) is 3. The summed E-state index contributed by atoms with van der Waals surface area (Å²) in [5.74, 6) is 0.297. The minimum Gasteiger partial charge on any atom is -0.382 e. The molecule has 1 aromatic carbocycles. The summed E-state index contributed by atoms with van der Waals surface area (Å²) in [5, 5.41) is 0.727. The van der Waals surface area contributed by atoms with Crippen molar-refractivity contribution in [2.24, 2.45) is 5.92 Å². The first kappa shape index (κ1) is 16.6. The molecule has 21 heavy (non-hydrogen) atoms. The van der Waals surface area contributed by atoms with Crippen molar-refractivity contribution in [3.05, 3.63) is 33.8 Å². The van der Waals surface area contributed by atoms with Crippen LogP contribution >= 0.6 is 23.2 Å². The highest BCUT2D eigenvalue weighted by atomic mass is 35.5. The van der Waals surface area contributed by atoms with Gasteiger partial charge in [-0.15, -0.1) is 0 Å². The maximum absolute atomic E-state index is 12.5. The zero-order valence-corrected chi connectivity index (χ0v) is 13.5. The Bertz CT molecular complexity index is 496. The quantitative estimate of drug-likeness (QED) is 0.752. The van der Waals surface area contributed by atoms with Gasteiger partial charge in [0.15, 0.2) is 0 Å². The highest BCUT2D eigenvalue weighted by Crippen LogP contribution is 2.28. The van der Waals surface area contributed by atoms with Gasteiger partial charge in [0.2, 0.25) is 0 Å². The number of methoxy groups -OCH3 is 1. The molecule has 1 aromatic rings. The second-order valence-corrected chi connectivity index (χ2v) is 5.86. The van der Waals surface area contributed by atoms with Gasteiger partial charge in [-0.3, -0.25) is 4.79 Å². The van der Waals surface area contributed by atoms with Crippen molar-refractivity contribution in [3.63, 3.8) is 0 Å².